The summed E-state index contributed by atoms with van der Waals surface area (Å²) in [6.45, 7) is 24.6. The molecule has 1 amide bonds. The Morgan fingerprint density at radius 2 is 1.59 bits per heavy atom. The van der Waals surface area contributed by atoms with Crippen molar-refractivity contribution in [3.63, 3.8) is 0 Å². The van der Waals surface area contributed by atoms with Gasteiger partial charge in [-0.05, 0) is 69.4 Å². The molecule has 1 aromatic heterocycles. The number of fused-ring (bicyclic) bond motifs is 3. The molecule has 0 atom stereocenters. The van der Waals surface area contributed by atoms with Gasteiger partial charge in [0.05, 0.1) is 20.3 Å². The van der Waals surface area contributed by atoms with E-state index in [-0.39, 0.29) is 6.09 Å². The molecule has 0 bridgehead atoms. The van der Waals surface area contributed by atoms with E-state index in [1.807, 2.05) is 11.8 Å². The van der Waals surface area contributed by atoms with E-state index >= 15 is 0 Å². The van der Waals surface area contributed by atoms with Crippen molar-refractivity contribution in [2.75, 3.05) is 79.2 Å². The average Bonchev–Trinajstić information content (AvgIpc) is 3.25. The second-order valence-electron chi connectivity index (χ2n) is 12.8. The quantitative estimate of drug-likeness (QED) is 0.313. The van der Waals surface area contributed by atoms with Crippen LogP contribution in [0.1, 0.15) is 58.7 Å². The predicted octanol–water partition coefficient (Wildman–Crippen LogP) is 5.18. The van der Waals surface area contributed by atoms with Gasteiger partial charge in [0.25, 0.3) is 0 Å². The molecule has 1 saturated heterocycles. The lowest BCUT2D eigenvalue weighted by Crippen LogP contribution is -2.47. The highest BCUT2D eigenvalue weighted by molar-refractivity contribution is 5.87. The molecule has 8 nitrogen and oxygen atoms in total. The van der Waals surface area contributed by atoms with Crippen LogP contribution >= 0.6 is 0 Å². The smallest absolute Gasteiger partial charge is 0.410 e. The molecule has 3 heterocycles. The van der Waals surface area contributed by atoms with Gasteiger partial charge in [0, 0.05) is 80.9 Å². The van der Waals surface area contributed by atoms with E-state index in [0.717, 1.165) is 56.6 Å². The molecule has 230 valence electrons. The third-order valence-corrected chi connectivity index (χ3v) is 8.50. The average molecular weight is 570 g/mol. The normalized spacial score (nSPS) is 16.8. The fourth-order valence-electron chi connectivity index (χ4n) is 6.68. The zero-order valence-corrected chi connectivity index (χ0v) is 26.7. The third-order valence-electron chi connectivity index (χ3n) is 8.50. The topological polar surface area (TPSA) is 53.4 Å². The minimum absolute atomic E-state index is 0.218. The molecule has 1 fully saturated rings. The van der Waals surface area contributed by atoms with Crippen molar-refractivity contribution in [3.8, 4) is 5.75 Å². The van der Waals surface area contributed by atoms with Crippen LogP contribution < -0.4 is 4.74 Å². The molecule has 2 aliphatic heterocycles. The van der Waals surface area contributed by atoms with Crippen molar-refractivity contribution < 1.29 is 14.3 Å². The SMILES string of the molecule is CCOC(=O)N1CCc2c(c3cc(OC)ccc3n2CCCN2CCN(CCCN(CC(C)C)CC(C)C)CC2)C1. The monoisotopic (exact) mass is 569 g/mol. The number of aryl methyl sites for hydroxylation is 1. The number of ether oxygens (including phenoxy) is 2. The maximum Gasteiger partial charge on any atom is 0.410 e. The Labute approximate surface area is 248 Å². The second kappa shape index (κ2) is 15.3. The summed E-state index contributed by atoms with van der Waals surface area (Å²) in [5.74, 6) is 2.32. The number of hydrogen-bond donors (Lipinski definition) is 0. The van der Waals surface area contributed by atoms with Gasteiger partial charge in [-0.2, -0.15) is 0 Å². The van der Waals surface area contributed by atoms with Crippen molar-refractivity contribution in [2.45, 2.75) is 67.0 Å². The van der Waals surface area contributed by atoms with Crippen LogP contribution in [0.5, 0.6) is 5.75 Å². The van der Waals surface area contributed by atoms with Crippen LogP contribution in [0.4, 0.5) is 4.79 Å². The van der Waals surface area contributed by atoms with Crippen LogP contribution in [0.3, 0.4) is 0 Å². The summed E-state index contributed by atoms with van der Waals surface area (Å²) in [5.41, 5.74) is 3.85. The molecule has 0 radical (unpaired) electrons. The number of benzene rings is 1. The Balaban J connectivity index is 1.28. The lowest BCUT2D eigenvalue weighted by atomic mass is 10.0. The van der Waals surface area contributed by atoms with Gasteiger partial charge in [0.2, 0.25) is 0 Å². The van der Waals surface area contributed by atoms with Gasteiger partial charge in [0.1, 0.15) is 5.75 Å². The summed E-state index contributed by atoms with van der Waals surface area (Å²) < 4.78 is 13.3. The van der Waals surface area contributed by atoms with Gasteiger partial charge >= 0.3 is 6.09 Å². The first-order valence-electron chi connectivity index (χ1n) is 16.1. The molecule has 1 aromatic carbocycles. The van der Waals surface area contributed by atoms with E-state index in [4.69, 9.17) is 9.47 Å². The number of piperazine rings is 1. The van der Waals surface area contributed by atoms with Gasteiger partial charge in [-0.25, -0.2) is 4.79 Å². The first-order valence-corrected chi connectivity index (χ1v) is 16.1. The molecule has 2 aromatic rings. The van der Waals surface area contributed by atoms with Crippen LogP contribution in [0.25, 0.3) is 10.9 Å². The minimum Gasteiger partial charge on any atom is -0.497 e. The number of carbonyl (C=O) groups excluding carboxylic acids is 1. The Morgan fingerprint density at radius 3 is 2.20 bits per heavy atom. The fraction of sp³-hybridized carbons (Fsp3) is 0.727. The van der Waals surface area contributed by atoms with Gasteiger partial charge in [-0.1, -0.05) is 27.7 Å². The van der Waals surface area contributed by atoms with E-state index in [9.17, 15) is 4.79 Å². The fourth-order valence-corrected chi connectivity index (χ4v) is 6.68. The highest BCUT2D eigenvalue weighted by Crippen LogP contribution is 2.34. The van der Waals surface area contributed by atoms with Gasteiger partial charge in [0.15, 0.2) is 0 Å². The number of amides is 1. The molecule has 2 aliphatic rings. The Kier molecular flexibility index (Phi) is 11.8. The summed E-state index contributed by atoms with van der Waals surface area (Å²) in [6, 6.07) is 6.37. The first-order chi connectivity index (χ1) is 19.8. The zero-order valence-electron chi connectivity index (χ0n) is 26.7. The number of methoxy groups -OCH3 is 1. The molecule has 0 saturated carbocycles. The molecular formula is C33H55N5O3. The van der Waals surface area contributed by atoms with Crippen LogP contribution in [0.2, 0.25) is 0 Å². The summed E-state index contributed by atoms with van der Waals surface area (Å²) in [6.07, 6.45) is 3.03. The zero-order chi connectivity index (χ0) is 29.4. The van der Waals surface area contributed by atoms with Crippen LogP contribution in [-0.4, -0.2) is 109 Å². The van der Waals surface area contributed by atoms with Crippen molar-refractivity contribution in [1.29, 1.82) is 0 Å². The number of carbonyl (C=O) groups is 1. The largest absolute Gasteiger partial charge is 0.497 e. The van der Waals surface area contributed by atoms with Crippen molar-refractivity contribution in [2.24, 2.45) is 11.8 Å². The summed E-state index contributed by atoms with van der Waals surface area (Å²) in [5, 5.41) is 1.20. The minimum atomic E-state index is -0.218. The molecular weight excluding hydrogens is 514 g/mol. The van der Waals surface area contributed by atoms with Crippen LogP contribution in [0.15, 0.2) is 18.2 Å². The van der Waals surface area contributed by atoms with Crippen molar-refractivity contribution in [1.82, 2.24) is 24.2 Å². The van der Waals surface area contributed by atoms with Crippen LogP contribution in [-0.2, 0) is 24.2 Å². The van der Waals surface area contributed by atoms with Crippen LogP contribution in [0, 0.1) is 11.8 Å². The molecule has 4 rings (SSSR count). The van der Waals surface area contributed by atoms with Gasteiger partial charge < -0.3 is 33.6 Å². The molecule has 0 spiro atoms. The van der Waals surface area contributed by atoms with Crippen molar-refractivity contribution in [3.05, 3.63) is 29.5 Å². The van der Waals surface area contributed by atoms with Gasteiger partial charge in [-0.15, -0.1) is 0 Å². The predicted molar refractivity (Wildman–Crippen MR) is 168 cm³/mol. The standard InChI is InChI=1S/C33H55N5O3/c1-7-41-33(39)37-17-12-32-30(25-37)29-22-28(40-6)10-11-31(29)38(32)16-9-14-35-20-18-34(19-21-35)13-8-15-36(23-26(2)3)24-27(4)5/h10-11,22,26-27H,7-9,12-21,23-25H2,1-6H3. The lowest BCUT2D eigenvalue weighted by molar-refractivity contribution is 0.102. The van der Waals surface area contributed by atoms with E-state index in [1.165, 1.54) is 67.8 Å². The number of hydrogen-bond acceptors (Lipinski definition) is 6. The molecule has 0 unspecified atom stereocenters. The lowest BCUT2D eigenvalue weighted by Gasteiger charge is -2.35. The Bertz CT molecular complexity index is 1100. The Morgan fingerprint density at radius 1 is 0.927 bits per heavy atom. The maximum atomic E-state index is 12.5. The third kappa shape index (κ3) is 8.62. The Hall–Kier alpha value is -2.29. The van der Waals surface area contributed by atoms with E-state index < -0.39 is 0 Å². The molecule has 0 aliphatic carbocycles. The molecule has 0 N–H and O–H groups in total. The van der Waals surface area contributed by atoms with Crippen molar-refractivity contribution >= 4 is 17.0 Å². The van der Waals surface area contributed by atoms with E-state index in [1.54, 1.807) is 7.11 Å². The number of nitrogens with zero attached hydrogens (tertiary/aromatic N) is 5. The highest BCUT2D eigenvalue weighted by Gasteiger charge is 2.27. The molecule has 41 heavy (non-hydrogen) atoms. The summed E-state index contributed by atoms with van der Waals surface area (Å²) in [7, 11) is 1.71. The maximum absolute atomic E-state index is 12.5. The van der Waals surface area contributed by atoms with E-state index in [2.05, 4.69) is 65.2 Å². The highest BCUT2D eigenvalue weighted by atomic mass is 16.6. The van der Waals surface area contributed by atoms with E-state index in [0.29, 0.717) is 19.7 Å². The second-order valence-corrected chi connectivity index (χ2v) is 12.8. The van der Waals surface area contributed by atoms with Gasteiger partial charge in [-0.3, -0.25) is 0 Å². The molecule has 8 heteroatoms. The summed E-state index contributed by atoms with van der Waals surface area (Å²) >= 11 is 0. The number of rotatable bonds is 14. The summed E-state index contributed by atoms with van der Waals surface area (Å²) in [4.78, 5) is 22.3. The first kappa shape index (κ1) is 31.6. The number of aromatic nitrogens is 1.